The lowest BCUT2D eigenvalue weighted by Crippen LogP contribution is -2.51. The number of nitriles is 1. The Morgan fingerprint density at radius 3 is 2.83 bits per heavy atom. The molecule has 24 heavy (non-hydrogen) atoms. The third-order valence-electron chi connectivity index (χ3n) is 4.46. The van der Waals surface area contributed by atoms with E-state index in [1.54, 1.807) is 11.3 Å². The number of hydrogen-bond acceptors (Lipinski definition) is 5. The maximum absolute atomic E-state index is 12.3. The van der Waals surface area contributed by atoms with Crippen molar-refractivity contribution >= 4 is 27.5 Å². The van der Waals surface area contributed by atoms with Crippen molar-refractivity contribution in [2.75, 3.05) is 13.6 Å². The predicted molar refractivity (Wildman–Crippen MR) is 95.5 cm³/mol. The summed E-state index contributed by atoms with van der Waals surface area (Å²) in [6.45, 7) is 0.908. The third kappa shape index (κ3) is 3.92. The maximum Gasteiger partial charge on any atom is 0.235 e. The van der Waals surface area contributed by atoms with Gasteiger partial charge in [-0.1, -0.05) is 31.4 Å². The lowest BCUT2D eigenvalue weighted by molar-refractivity contribution is -0.123. The molecule has 1 aliphatic rings. The van der Waals surface area contributed by atoms with Gasteiger partial charge in [-0.05, 0) is 32.0 Å². The minimum absolute atomic E-state index is 0.0814. The summed E-state index contributed by atoms with van der Waals surface area (Å²) < 4.78 is 1.16. The van der Waals surface area contributed by atoms with E-state index in [1.807, 2.05) is 30.1 Å². The molecule has 0 atom stereocenters. The van der Waals surface area contributed by atoms with E-state index in [1.165, 1.54) is 0 Å². The highest BCUT2D eigenvalue weighted by molar-refractivity contribution is 7.18. The molecule has 0 spiro atoms. The van der Waals surface area contributed by atoms with Crippen LogP contribution in [0.4, 0.5) is 0 Å². The fourth-order valence-electron chi connectivity index (χ4n) is 3.25. The average Bonchev–Trinajstić information content (AvgIpc) is 2.97. The van der Waals surface area contributed by atoms with Crippen LogP contribution in [-0.2, 0) is 11.3 Å². The van der Waals surface area contributed by atoms with Crippen LogP contribution in [0.2, 0.25) is 0 Å². The topological polar surface area (TPSA) is 69.0 Å². The zero-order valence-electron chi connectivity index (χ0n) is 13.9. The maximum atomic E-state index is 12.3. The van der Waals surface area contributed by atoms with Crippen molar-refractivity contribution in [3.8, 4) is 6.07 Å². The van der Waals surface area contributed by atoms with Crippen molar-refractivity contribution in [3.63, 3.8) is 0 Å². The number of likely N-dealkylation sites (N-methyl/N-ethyl adjacent to an activating group) is 1. The van der Waals surface area contributed by atoms with Gasteiger partial charge in [0.05, 0.1) is 29.4 Å². The van der Waals surface area contributed by atoms with Gasteiger partial charge in [0.2, 0.25) is 5.91 Å². The lowest BCUT2D eigenvalue weighted by Gasteiger charge is -2.32. The van der Waals surface area contributed by atoms with Crippen LogP contribution in [-0.4, -0.2) is 34.9 Å². The molecule has 1 aliphatic carbocycles. The number of hydrogen-bond donors (Lipinski definition) is 1. The fraction of sp³-hybridized carbons (Fsp3) is 0.500. The van der Waals surface area contributed by atoms with Gasteiger partial charge in [0, 0.05) is 0 Å². The first-order valence-electron chi connectivity index (χ1n) is 8.35. The Morgan fingerprint density at radius 2 is 2.12 bits per heavy atom. The number of fused-ring (bicyclic) bond motifs is 1. The largest absolute Gasteiger partial charge is 0.337 e. The summed E-state index contributed by atoms with van der Waals surface area (Å²) in [6.07, 6.45) is 4.69. The number of rotatable bonds is 5. The minimum atomic E-state index is -0.661. The van der Waals surface area contributed by atoms with Crippen LogP contribution in [0.15, 0.2) is 24.3 Å². The normalized spacial score (nSPS) is 16.9. The van der Waals surface area contributed by atoms with E-state index >= 15 is 0 Å². The van der Waals surface area contributed by atoms with Crippen molar-refractivity contribution in [3.05, 3.63) is 29.3 Å². The summed E-state index contributed by atoms with van der Waals surface area (Å²) in [5.74, 6) is -0.0814. The van der Waals surface area contributed by atoms with Gasteiger partial charge in [-0.25, -0.2) is 4.98 Å². The van der Waals surface area contributed by atoms with E-state index in [9.17, 15) is 10.1 Å². The number of nitrogens with one attached hydrogen (secondary N) is 1. The Labute approximate surface area is 146 Å². The zero-order chi connectivity index (χ0) is 17.0. The second kappa shape index (κ2) is 7.29. The Kier molecular flexibility index (Phi) is 5.12. The number of aromatic nitrogens is 1. The van der Waals surface area contributed by atoms with Crippen LogP contribution in [0.25, 0.3) is 10.2 Å². The van der Waals surface area contributed by atoms with Gasteiger partial charge in [0.1, 0.15) is 10.5 Å². The van der Waals surface area contributed by atoms with Crippen molar-refractivity contribution in [1.82, 2.24) is 15.2 Å². The van der Waals surface area contributed by atoms with Gasteiger partial charge in [0.25, 0.3) is 0 Å². The van der Waals surface area contributed by atoms with Gasteiger partial charge < -0.3 is 5.32 Å². The third-order valence-corrected chi connectivity index (χ3v) is 5.48. The van der Waals surface area contributed by atoms with E-state index in [-0.39, 0.29) is 12.5 Å². The number of para-hydroxylation sites is 1. The number of benzene rings is 1. The second-order valence-electron chi connectivity index (χ2n) is 6.55. The highest BCUT2D eigenvalue weighted by Gasteiger charge is 2.33. The summed E-state index contributed by atoms with van der Waals surface area (Å²) in [5, 5.41) is 13.4. The molecule has 2 aromatic rings. The summed E-state index contributed by atoms with van der Waals surface area (Å²) in [5.41, 5.74) is 0.340. The average molecular weight is 342 g/mol. The van der Waals surface area contributed by atoms with Crippen LogP contribution in [0.5, 0.6) is 0 Å². The highest BCUT2D eigenvalue weighted by Crippen LogP contribution is 2.27. The Morgan fingerprint density at radius 1 is 1.38 bits per heavy atom. The zero-order valence-corrected chi connectivity index (χ0v) is 14.7. The molecule has 1 fully saturated rings. The minimum Gasteiger partial charge on any atom is -0.337 e. The molecule has 126 valence electrons. The molecule has 1 aromatic heterocycles. The molecule has 0 aliphatic heterocycles. The quantitative estimate of drug-likeness (QED) is 0.906. The molecule has 5 nitrogen and oxygen atoms in total. The molecule has 0 unspecified atom stereocenters. The molecule has 1 aromatic carbocycles. The molecule has 1 N–H and O–H groups in total. The SMILES string of the molecule is CN(CC(=O)NC1(C#N)CCCCC1)Cc1nc2ccccc2s1. The fourth-order valence-corrected chi connectivity index (χ4v) is 4.29. The van der Waals surface area contributed by atoms with Crippen molar-refractivity contribution in [2.24, 2.45) is 0 Å². The van der Waals surface area contributed by atoms with E-state index < -0.39 is 5.54 Å². The van der Waals surface area contributed by atoms with Gasteiger partial charge in [-0.3, -0.25) is 9.69 Å². The summed E-state index contributed by atoms with van der Waals surface area (Å²) in [6, 6.07) is 10.4. The monoisotopic (exact) mass is 342 g/mol. The summed E-state index contributed by atoms with van der Waals surface area (Å²) >= 11 is 1.66. The first kappa shape index (κ1) is 16.9. The highest BCUT2D eigenvalue weighted by atomic mass is 32.1. The van der Waals surface area contributed by atoms with Crippen LogP contribution < -0.4 is 5.32 Å². The van der Waals surface area contributed by atoms with Crippen LogP contribution in [0, 0.1) is 11.3 Å². The molecule has 6 heteroatoms. The predicted octanol–water partition coefficient (Wildman–Crippen LogP) is 3.07. The van der Waals surface area contributed by atoms with Crippen molar-refractivity contribution < 1.29 is 4.79 Å². The summed E-state index contributed by atoms with van der Waals surface area (Å²) in [7, 11) is 1.91. The van der Waals surface area contributed by atoms with Crippen LogP contribution in [0.1, 0.15) is 37.1 Å². The standard InChI is InChI=1S/C18H22N4OS/c1-22(12-17-20-14-7-3-4-8-15(14)24-17)11-16(23)21-18(13-19)9-5-2-6-10-18/h3-4,7-8H,2,5-6,9-12H2,1H3,(H,21,23). The smallest absolute Gasteiger partial charge is 0.235 e. The Balaban J connectivity index is 1.56. The van der Waals surface area contributed by atoms with Gasteiger partial charge in [0.15, 0.2) is 0 Å². The molecule has 1 saturated carbocycles. The lowest BCUT2D eigenvalue weighted by atomic mass is 9.83. The van der Waals surface area contributed by atoms with Crippen molar-refractivity contribution in [1.29, 1.82) is 5.26 Å². The summed E-state index contributed by atoms with van der Waals surface area (Å²) in [4.78, 5) is 18.9. The molecule has 0 radical (unpaired) electrons. The van der Waals surface area contributed by atoms with E-state index in [2.05, 4.69) is 22.4 Å². The molecule has 0 saturated heterocycles. The van der Waals surface area contributed by atoms with Gasteiger partial charge in [-0.15, -0.1) is 11.3 Å². The van der Waals surface area contributed by atoms with Crippen molar-refractivity contribution in [2.45, 2.75) is 44.2 Å². The van der Waals surface area contributed by atoms with E-state index in [0.717, 1.165) is 47.3 Å². The van der Waals surface area contributed by atoms with Crippen LogP contribution in [0.3, 0.4) is 0 Å². The Hall–Kier alpha value is -1.97. The molecule has 1 amide bonds. The second-order valence-corrected chi connectivity index (χ2v) is 7.67. The number of amides is 1. The molecular weight excluding hydrogens is 320 g/mol. The number of carbonyl (C=O) groups is 1. The molecule has 0 bridgehead atoms. The molecular formula is C18H22N4OS. The Bertz CT molecular complexity index is 725. The molecule has 3 rings (SSSR count). The van der Waals surface area contributed by atoms with Crippen LogP contribution >= 0.6 is 11.3 Å². The number of carbonyl (C=O) groups excluding carboxylic acids is 1. The van der Waals surface area contributed by atoms with Gasteiger partial charge >= 0.3 is 0 Å². The van der Waals surface area contributed by atoms with E-state index in [4.69, 9.17) is 0 Å². The van der Waals surface area contributed by atoms with Gasteiger partial charge in [-0.2, -0.15) is 5.26 Å². The number of nitrogens with zero attached hydrogens (tertiary/aromatic N) is 3. The first-order chi connectivity index (χ1) is 11.6. The first-order valence-corrected chi connectivity index (χ1v) is 9.17. The number of thiazole rings is 1. The molecule has 1 heterocycles. The van der Waals surface area contributed by atoms with E-state index in [0.29, 0.717) is 6.54 Å².